The van der Waals surface area contributed by atoms with Gasteiger partial charge >= 0.3 is 0 Å². The number of benzene rings is 14. The van der Waals surface area contributed by atoms with Gasteiger partial charge in [0.1, 0.15) is 0 Å². The second kappa shape index (κ2) is 16.0. The molecule has 84 heavy (non-hydrogen) atoms. The number of rotatable bonds is 1. The minimum atomic E-state index is 1.29. The van der Waals surface area contributed by atoms with Crippen LogP contribution in [-0.4, -0.2) is 0 Å². The molecule has 0 aliphatic heterocycles. The van der Waals surface area contributed by atoms with Crippen molar-refractivity contribution in [3.63, 3.8) is 0 Å². The summed E-state index contributed by atoms with van der Waals surface area (Å²) in [5.74, 6) is 0. The van der Waals surface area contributed by atoms with E-state index in [-0.39, 0.29) is 0 Å². The summed E-state index contributed by atoms with van der Waals surface area (Å²) in [6.45, 7) is 0. The van der Waals surface area contributed by atoms with E-state index in [1.165, 1.54) is 218 Å². The Morgan fingerprint density at radius 3 is 0.857 bits per heavy atom. The second-order valence-electron chi connectivity index (χ2n) is 23.2. The maximum atomic E-state index is 2.55. The maximum absolute atomic E-state index is 2.55. The summed E-state index contributed by atoms with van der Waals surface area (Å²) in [4.78, 5) is 0. The van der Waals surface area contributed by atoms with Gasteiger partial charge in [0, 0.05) is 105 Å². The first-order valence-electron chi connectivity index (χ1n) is 28.1. The lowest BCUT2D eigenvalue weighted by molar-refractivity contribution is 1.83. The van der Waals surface area contributed by atoms with E-state index in [4.69, 9.17) is 0 Å². The van der Waals surface area contributed by atoms with Gasteiger partial charge < -0.3 is 0 Å². The normalized spacial score (nSPS) is 13.0. The minimum absolute atomic E-state index is 1.29. The second-order valence-corrected chi connectivity index (χ2v) is 31.3. The molecule has 0 spiro atoms. The van der Waals surface area contributed by atoms with Crippen LogP contribution in [0.4, 0.5) is 0 Å². The largest absolute Gasteiger partial charge is 0.144 e. The summed E-state index contributed by atoms with van der Waals surface area (Å²) in [7, 11) is 0. The molecule has 22 aromatic rings. The van der Waals surface area contributed by atoms with E-state index in [2.05, 4.69) is 204 Å². The highest BCUT2D eigenvalue weighted by atomic mass is 32.1. The fourth-order valence-electron chi connectivity index (χ4n) is 14.7. The number of thiophene rings is 8. The molecule has 0 aliphatic rings. The fourth-order valence-corrected chi connectivity index (χ4v) is 22.6. The third-order valence-corrected chi connectivity index (χ3v) is 26.6. The Balaban J connectivity index is 0.738. The van der Waals surface area contributed by atoms with E-state index in [1.807, 2.05) is 90.7 Å². The lowest BCUT2D eigenvalue weighted by Crippen LogP contribution is -1.89. The zero-order valence-electron chi connectivity index (χ0n) is 43.9. The van der Waals surface area contributed by atoms with Crippen LogP contribution in [-0.2, 0) is 0 Å². The zero-order chi connectivity index (χ0) is 53.9. The molecular weight excluding hydrogens is 1170 g/mol. The summed E-state index contributed by atoms with van der Waals surface area (Å²) in [5.41, 5.74) is 2.68. The Hall–Kier alpha value is -8.12. The first-order chi connectivity index (χ1) is 41.4. The molecule has 22 rings (SSSR count). The monoisotopic (exact) mass is 1200 g/mol. The standard InChI is InChI=1S/C76H34S8/c1-5-78-64-24-44-15-46-26-68-55(19-40(46)12-38(44)9-35(1)64)61-33-74-62(34-73(61)82-68)58-22-49-17-48-11-37-3-7-79-65(37)29-53(48)76(54(49)30-70(58)84-74)75-51-4-8-80-66(51)28-50-16-42-21-57-60-32-71-59(31-72(60)83-69(57)27-47(42)18-52(50)75)56-20-41-14-43-23-63-36(2-6-77-63)10-39(43)13-45(41)25-67(56)81-71/h1-34H. The van der Waals surface area contributed by atoms with Crippen molar-refractivity contribution in [1.82, 2.24) is 0 Å². The molecule has 386 valence electrons. The first-order valence-corrected chi connectivity index (χ1v) is 34.9. The molecular formula is C76H34S8. The van der Waals surface area contributed by atoms with E-state index in [1.54, 1.807) is 0 Å². The SMILES string of the molecule is c1cc2cc3cc4cc5c(cc4cc3cc2s1)sc1cc2c(cc15)sc1cc3c(-c4c5cc6cc7sc8cc9c(cc8c7cc6cc5cc5sccc45)sc4cc5cc6cc7ccsc7cc6cc5cc49)c4cc5sccc5cc4cc3cc12. The van der Waals surface area contributed by atoms with Crippen LogP contribution in [0.25, 0.3) is 218 Å². The van der Waals surface area contributed by atoms with E-state index >= 15 is 0 Å². The van der Waals surface area contributed by atoms with Crippen LogP contribution >= 0.6 is 90.7 Å². The molecule has 0 saturated heterocycles. The van der Waals surface area contributed by atoms with Crippen LogP contribution in [0.15, 0.2) is 204 Å². The average molecular weight is 1200 g/mol. The predicted octanol–water partition coefficient (Wildman–Crippen LogP) is 26.9. The Morgan fingerprint density at radius 2 is 0.369 bits per heavy atom. The summed E-state index contributed by atoms with van der Waals surface area (Å²) in [6, 6.07) is 72.9. The van der Waals surface area contributed by atoms with Gasteiger partial charge in [0.2, 0.25) is 0 Å². The van der Waals surface area contributed by atoms with Crippen molar-refractivity contribution >= 4 is 298 Å². The number of fused-ring (bicyclic) bond motifs is 24. The van der Waals surface area contributed by atoms with Crippen molar-refractivity contribution in [2.24, 2.45) is 0 Å². The van der Waals surface area contributed by atoms with Gasteiger partial charge in [-0.3, -0.25) is 0 Å². The third-order valence-electron chi connectivity index (χ3n) is 18.6. The van der Waals surface area contributed by atoms with Crippen molar-refractivity contribution in [2.45, 2.75) is 0 Å². The first kappa shape index (κ1) is 45.3. The molecule has 8 heterocycles. The highest BCUT2D eigenvalue weighted by Gasteiger charge is 2.22. The van der Waals surface area contributed by atoms with Gasteiger partial charge in [-0.1, -0.05) is 0 Å². The highest BCUT2D eigenvalue weighted by molar-refractivity contribution is 7.28. The van der Waals surface area contributed by atoms with E-state index < -0.39 is 0 Å². The summed E-state index contributed by atoms with van der Waals surface area (Å²) < 4.78 is 16.1. The molecule has 0 aliphatic carbocycles. The summed E-state index contributed by atoms with van der Waals surface area (Å²) in [6.07, 6.45) is 0. The van der Waals surface area contributed by atoms with Gasteiger partial charge in [-0.25, -0.2) is 0 Å². The van der Waals surface area contributed by atoms with Crippen LogP contribution in [0.1, 0.15) is 0 Å². The number of hydrogen-bond donors (Lipinski definition) is 0. The van der Waals surface area contributed by atoms with Gasteiger partial charge in [-0.05, 0) is 317 Å². The van der Waals surface area contributed by atoms with Gasteiger partial charge in [-0.2, -0.15) is 0 Å². The Bertz CT molecular complexity index is 6860. The molecule has 0 N–H and O–H groups in total. The van der Waals surface area contributed by atoms with Gasteiger partial charge in [-0.15, -0.1) is 90.7 Å². The van der Waals surface area contributed by atoms with E-state index in [0.717, 1.165) is 0 Å². The van der Waals surface area contributed by atoms with Crippen molar-refractivity contribution < 1.29 is 0 Å². The predicted molar refractivity (Wildman–Crippen MR) is 385 cm³/mol. The van der Waals surface area contributed by atoms with E-state index in [9.17, 15) is 0 Å². The van der Waals surface area contributed by atoms with Crippen LogP contribution in [0.2, 0.25) is 0 Å². The van der Waals surface area contributed by atoms with Crippen molar-refractivity contribution in [3.05, 3.63) is 204 Å². The lowest BCUT2D eigenvalue weighted by Gasteiger charge is -2.17. The van der Waals surface area contributed by atoms with Crippen LogP contribution < -0.4 is 0 Å². The summed E-state index contributed by atoms with van der Waals surface area (Å²) >= 11 is 15.1. The molecule has 0 unspecified atom stereocenters. The molecule has 0 saturated carbocycles. The zero-order valence-corrected chi connectivity index (χ0v) is 50.4. The van der Waals surface area contributed by atoms with Crippen LogP contribution in [0, 0.1) is 0 Å². The minimum Gasteiger partial charge on any atom is -0.144 e. The molecule has 0 atom stereocenters. The summed E-state index contributed by atoms with van der Waals surface area (Å²) in [5, 5.41) is 45.9. The Labute approximate surface area is 507 Å². The molecule has 0 nitrogen and oxygen atoms in total. The fraction of sp³-hybridized carbons (Fsp3) is 0. The average Bonchev–Trinajstić information content (AvgIpc) is 1.89. The molecule has 0 fully saturated rings. The van der Waals surface area contributed by atoms with Crippen molar-refractivity contribution in [3.8, 4) is 11.1 Å². The highest BCUT2D eigenvalue weighted by Crippen LogP contribution is 2.52. The van der Waals surface area contributed by atoms with Crippen LogP contribution in [0.5, 0.6) is 0 Å². The van der Waals surface area contributed by atoms with E-state index in [0.29, 0.717) is 0 Å². The Kier molecular flexibility index (Phi) is 8.63. The quantitative estimate of drug-likeness (QED) is 0.144. The Morgan fingerprint density at radius 1 is 0.143 bits per heavy atom. The van der Waals surface area contributed by atoms with Crippen molar-refractivity contribution in [1.29, 1.82) is 0 Å². The van der Waals surface area contributed by atoms with Gasteiger partial charge in [0.15, 0.2) is 0 Å². The molecule has 8 aromatic heterocycles. The van der Waals surface area contributed by atoms with Crippen LogP contribution in [0.3, 0.4) is 0 Å². The van der Waals surface area contributed by atoms with Gasteiger partial charge in [0.05, 0.1) is 0 Å². The van der Waals surface area contributed by atoms with Gasteiger partial charge in [0.25, 0.3) is 0 Å². The molecule has 0 bridgehead atoms. The molecule has 8 heteroatoms. The third kappa shape index (κ3) is 6.19. The smallest absolute Gasteiger partial charge is 0.0362 e. The molecule has 0 amide bonds. The molecule has 0 radical (unpaired) electrons. The van der Waals surface area contributed by atoms with Crippen molar-refractivity contribution in [2.75, 3.05) is 0 Å². The topological polar surface area (TPSA) is 0 Å². The molecule has 14 aromatic carbocycles. The number of hydrogen-bond acceptors (Lipinski definition) is 8. The lowest BCUT2D eigenvalue weighted by atomic mass is 9.86. The maximum Gasteiger partial charge on any atom is 0.0362 e.